The first kappa shape index (κ1) is 18.1. The predicted molar refractivity (Wildman–Crippen MR) is 113 cm³/mol. The number of hydrogen-bond acceptors (Lipinski definition) is 6. The standard InChI is InChI=1S/C22H25N3O2S/c26-14-18-12-19(17-6-5-15-3-1-2-4-16(15)11-17)21-20(13-23-18)28-22(24-21)25-7-9-27-10-8-25/h1-6,11,18-19,23,26H,7-10,12-14H2/t18-,19?/m1/s1. The lowest BCUT2D eigenvalue weighted by molar-refractivity contribution is 0.122. The number of fused-ring (bicyclic) bond motifs is 2. The lowest BCUT2D eigenvalue weighted by Crippen LogP contribution is -2.36. The van der Waals surface area contributed by atoms with Crippen LogP contribution in [0.4, 0.5) is 5.13 Å². The molecule has 2 N–H and O–H groups in total. The second-order valence-corrected chi connectivity index (χ2v) is 8.62. The lowest BCUT2D eigenvalue weighted by Gasteiger charge is -2.26. The van der Waals surface area contributed by atoms with Gasteiger partial charge in [-0.25, -0.2) is 4.98 Å². The normalized spacial score (nSPS) is 22.8. The number of aromatic nitrogens is 1. The molecule has 5 nitrogen and oxygen atoms in total. The maximum Gasteiger partial charge on any atom is 0.186 e. The van der Waals surface area contributed by atoms with Gasteiger partial charge in [0.15, 0.2) is 5.13 Å². The van der Waals surface area contributed by atoms with Gasteiger partial charge in [-0.1, -0.05) is 42.5 Å². The monoisotopic (exact) mass is 395 g/mol. The smallest absolute Gasteiger partial charge is 0.186 e. The Hall–Kier alpha value is -1.99. The van der Waals surface area contributed by atoms with Crippen LogP contribution in [-0.2, 0) is 11.3 Å². The SMILES string of the molecule is OC[C@H]1CC(c2ccc3ccccc3c2)c2nc(N3CCOCC3)sc2CN1. The number of aliphatic hydroxyl groups is 1. The summed E-state index contributed by atoms with van der Waals surface area (Å²) < 4.78 is 5.50. The second kappa shape index (κ2) is 7.79. The van der Waals surface area contributed by atoms with Crippen LogP contribution in [0.3, 0.4) is 0 Å². The van der Waals surface area contributed by atoms with Crippen molar-refractivity contribution < 1.29 is 9.84 Å². The molecule has 3 aromatic rings. The summed E-state index contributed by atoms with van der Waals surface area (Å²) in [5, 5.41) is 17.0. The van der Waals surface area contributed by atoms with Crippen molar-refractivity contribution in [2.75, 3.05) is 37.8 Å². The van der Waals surface area contributed by atoms with Gasteiger partial charge in [0.05, 0.1) is 25.5 Å². The molecule has 0 aliphatic carbocycles. The molecule has 1 fully saturated rings. The summed E-state index contributed by atoms with van der Waals surface area (Å²) in [6.07, 6.45) is 0.855. The highest BCUT2D eigenvalue weighted by Gasteiger charge is 2.30. The van der Waals surface area contributed by atoms with E-state index in [1.165, 1.54) is 26.9 Å². The van der Waals surface area contributed by atoms with Gasteiger partial charge in [-0.2, -0.15) is 0 Å². The first-order chi connectivity index (χ1) is 13.8. The van der Waals surface area contributed by atoms with E-state index in [9.17, 15) is 5.11 Å². The quantitative estimate of drug-likeness (QED) is 0.714. The highest BCUT2D eigenvalue weighted by Crippen LogP contribution is 2.39. The van der Waals surface area contributed by atoms with Crippen molar-refractivity contribution in [3.8, 4) is 0 Å². The van der Waals surface area contributed by atoms with Crippen LogP contribution in [0.2, 0.25) is 0 Å². The molecule has 3 heterocycles. The average Bonchev–Trinajstić information content (AvgIpc) is 3.10. The molecule has 0 saturated carbocycles. The number of benzene rings is 2. The molecule has 0 amide bonds. The summed E-state index contributed by atoms with van der Waals surface area (Å²) in [6, 6.07) is 15.3. The van der Waals surface area contributed by atoms with Gasteiger partial charge in [0, 0.05) is 36.5 Å². The topological polar surface area (TPSA) is 57.6 Å². The fourth-order valence-electron chi connectivity index (χ4n) is 4.21. The Morgan fingerprint density at radius 3 is 2.79 bits per heavy atom. The maximum absolute atomic E-state index is 9.83. The Labute approximate surface area is 169 Å². The Morgan fingerprint density at radius 1 is 1.14 bits per heavy atom. The summed E-state index contributed by atoms with van der Waals surface area (Å²) in [4.78, 5) is 8.73. The largest absolute Gasteiger partial charge is 0.395 e. The summed E-state index contributed by atoms with van der Waals surface area (Å²) in [6.45, 7) is 4.26. The molecular weight excluding hydrogens is 370 g/mol. The molecular formula is C22H25N3O2S. The van der Waals surface area contributed by atoms with Crippen molar-refractivity contribution in [2.45, 2.75) is 24.9 Å². The zero-order chi connectivity index (χ0) is 18.9. The van der Waals surface area contributed by atoms with Crippen LogP contribution >= 0.6 is 11.3 Å². The number of ether oxygens (including phenoxy) is 1. The third-order valence-corrected chi connectivity index (χ3v) is 6.93. The van der Waals surface area contributed by atoms with Crippen molar-refractivity contribution in [3.05, 3.63) is 58.6 Å². The van der Waals surface area contributed by atoms with Gasteiger partial charge in [0.2, 0.25) is 0 Å². The van der Waals surface area contributed by atoms with Gasteiger partial charge < -0.3 is 20.1 Å². The van der Waals surface area contributed by atoms with E-state index in [0.717, 1.165) is 44.4 Å². The predicted octanol–water partition coefficient (Wildman–Crippen LogP) is 3.12. The van der Waals surface area contributed by atoms with E-state index < -0.39 is 0 Å². The van der Waals surface area contributed by atoms with Gasteiger partial charge in [-0.15, -0.1) is 11.3 Å². The third kappa shape index (κ3) is 3.42. The molecule has 0 bridgehead atoms. The molecule has 6 heteroatoms. The molecule has 1 unspecified atom stereocenters. The molecule has 28 heavy (non-hydrogen) atoms. The zero-order valence-electron chi connectivity index (χ0n) is 15.8. The summed E-state index contributed by atoms with van der Waals surface area (Å²) in [5.74, 6) is 0.192. The van der Waals surface area contributed by atoms with Crippen LogP contribution in [0.5, 0.6) is 0 Å². The first-order valence-corrected chi connectivity index (χ1v) is 10.8. The van der Waals surface area contributed by atoms with Crippen molar-refractivity contribution in [2.24, 2.45) is 0 Å². The van der Waals surface area contributed by atoms with Crippen molar-refractivity contribution >= 4 is 27.2 Å². The Kier molecular flexibility index (Phi) is 5.03. The molecule has 2 atom stereocenters. The van der Waals surface area contributed by atoms with Gasteiger partial charge >= 0.3 is 0 Å². The fraction of sp³-hybridized carbons (Fsp3) is 0.409. The van der Waals surface area contributed by atoms with Crippen molar-refractivity contribution in [3.63, 3.8) is 0 Å². The van der Waals surface area contributed by atoms with E-state index in [4.69, 9.17) is 9.72 Å². The number of nitrogens with zero attached hydrogens (tertiary/aromatic N) is 2. The van der Waals surface area contributed by atoms with Crippen LogP contribution in [0.15, 0.2) is 42.5 Å². The molecule has 2 aromatic carbocycles. The van der Waals surface area contributed by atoms with E-state index in [1.807, 2.05) is 0 Å². The Balaban J connectivity index is 1.55. The summed E-state index contributed by atoms with van der Waals surface area (Å²) in [5.41, 5.74) is 2.45. The highest BCUT2D eigenvalue weighted by atomic mass is 32.1. The number of rotatable bonds is 3. The molecule has 146 valence electrons. The highest BCUT2D eigenvalue weighted by molar-refractivity contribution is 7.15. The van der Waals surface area contributed by atoms with Gasteiger partial charge in [-0.3, -0.25) is 0 Å². The summed E-state index contributed by atoms with van der Waals surface area (Å²) in [7, 11) is 0. The Morgan fingerprint density at radius 2 is 1.96 bits per heavy atom. The number of nitrogens with one attached hydrogen (secondary N) is 1. The minimum atomic E-state index is 0.0877. The molecule has 0 spiro atoms. The van der Waals surface area contributed by atoms with Crippen LogP contribution in [0.1, 0.15) is 28.5 Å². The van der Waals surface area contributed by atoms with Crippen molar-refractivity contribution in [1.29, 1.82) is 0 Å². The minimum absolute atomic E-state index is 0.0877. The number of aliphatic hydroxyl groups excluding tert-OH is 1. The molecule has 5 rings (SSSR count). The van der Waals surface area contributed by atoms with Crippen molar-refractivity contribution in [1.82, 2.24) is 10.3 Å². The fourth-order valence-corrected chi connectivity index (χ4v) is 5.34. The number of thiazole rings is 1. The first-order valence-electron chi connectivity index (χ1n) is 9.97. The van der Waals surface area contributed by atoms with E-state index in [2.05, 4.69) is 52.7 Å². The minimum Gasteiger partial charge on any atom is -0.395 e. The van der Waals surface area contributed by atoms with Gasteiger partial charge in [0.25, 0.3) is 0 Å². The van der Waals surface area contributed by atoms with Gasteiger partial charge in [-0.05, 0) is 22.8 Å². The molecule has 1 aromatic heterocycles. The van der Waals surface area contributed by atoms with E-state index in [0.29, 0.717) is 0 Å². The van der Waals surface area contributed by atoms with Crippen LogP contribution in [0.25, 0.3) is 10.8 Å². The van der Waals surface area contributed by atoms with Crippen LogP contribution < -0.4 is 10.2 Å². The number of morpholine rings is 1. The average molecular weight is 396 g/mol. The summed E-state index contributed by atoms with van der Waals surface area (Å²) >= 11 is 1.78. The lowest BCUT2D eigenvalue weighted by atomic mass is 9.88. The molecule has 1 saturated heterocycles. The number of hydrogen-bond donors (Lipinski definition) is 2. The van der Waals surface area contributed by atoms with E-state index in [1.54, 1.807) is 11.3 Å². The molecule has 2 aliphatic heterocycles. The molecule has 2 aliphatic rings. The van der Waals surface area contributed by atoms with Crippen LogP contribution in [0, 0.1) is 0 Å². The molecule has 0 radical (unpaired) electrons. The maximum atomic E-state index is 9.83. The zero-order valence-corrected chi connectivity index (χ0v) is 16.6. The van der Waals surface area contributed by atoms with Crippen LogP contribution in [-0.4, -0.2) is 49.0 Å². The number of anilines is 1. The third-order valence-electron chi connectivity index (χ3n) is 5.80. The van der Waals surface area contributed by atoms with E-state index >= 15 is 0 Å². The van der Waals surface area contributed by atoms with Gasteiger partial charge in [0.1, 0.15) is 0 Å². The Bertz CT molecular complexity index is 967. The second-order valence-electron chi connectivity index (χ2n) is 7.56. The van der Waals surface area contributed by atoms with E-state index in [-0.39, 0.29) is 18.6 Å².